The third kappa shape index (κ3) is 22.0. The number of cyclic esters (lactones) is 2. The Morgan fingerprint density at radius 2 is 0.743 bits per heavy atom. The molecule has 0 unspecified atom stereocenters. The van der Waals surface area contributed by atoms with Crippen molar-refractivity contribution < 1.29 is 67.6 Å². The number of benzene rings is 5. The summed E-state index contributed by atoms with van der Waals surface area (Å²) in [7, 11) is 2.52. The maximum atomic E-state index is 11.2. The van der Waals surface area contributed by atoms with Gasteiger partial charge in [0.05, 0.1) is 58.7 Å². The van der Waals surface area contributed by atoms with Crippen molar-refractivity contribution in [3.63, 3.8) is 0 Å². The van der Waals surface area contributed by atoms with Gasteiger partial charge in [-0.05, 0) is 59.7 Å². The normalized spacial score (nSPS) is 10.6. The molecule has 0 saturated carbocycles. The van der Waals surface area contributed by atoms with Gasteiger partial charge in [0, 0.05) is 13.1 Å². The second-order valence-electron chi connectivity index (χ2n) is 11.7. The Hall–Kier alpha value is -8.31. The lowest BCUT2D eigenvalue weighted by Gasteiger charge is -2.04. The van der Waals surface area contributed by atoms with Crippen LogP contribution in [0.15, 0.2) is 121 Å². The van der Waals surface area contributed by atoms with Crippen LogP contribution in [-0.4, -0.2) is 78.5 Å². The predicted octanol–water partition coefficient (Wildman–Crippen LogP) is 9.43. The maximum Gasteiger partial charge on any atom is 0.346 e. The molecule has 0 atom stereocenters. The van der Waals surface area contributed by atoms with Gasteiger partial charge >= 0.3 is 35.8 Å². The number of nitrogens with two attached hydrogens (primary N) is 1. The van der Waals surface area contributed by atoms with Crippen LogP contribution in [0.3, 0.4) is 0 Å². The van der Waals surface area contributed by atoms with Crippen molar-refractivity contribution in [2.75, 3.05) is 14.2 Å². The van der Waals surface area contributed by atoms with E-state index in [4.69, 9.17) is 15.0 Å². The first-order chi connectivity index (χ1) is 33.8. The van der Waals surface area contributed by atoms with Crippen molar-refractivity contribution in [1.29, 1.82) is 0 Å². The summed E-state index contributed by atoms with van der Waals surface area (Å²) in [6, 6.07) is 33.6. The third-order valence-corrected chi connectivity index (χ3v) is 8.07. The van der Waals surface area contributed by atoms with Gasteiger partial charge in [-0.1, -0.05) is 142 Å². The number of primary amides is 1. The number of ether oxygens (including phenoxy) is 3. The zero-order valence-electron chi connectivity index (χ0n) is 41.9. The van der Waals surface area contributed by atoms with Crippen LogP contribution in [0.25, 0.3) is 0 Å². The number of imide groups is 1. The smallest absolute Gasteiger partial charge is 0.346 e. The zero-order valence-corrected chi connectivity index (χ0v) is 41.9. The zero-order chi connectivity index (χ0) is 54.2. The number of hydrogen-bond acceptors (Lipinski definition) is 13. The minimum absolute atomic E-state index is 0.190. The van der Waals surface area contributed by atoms with Crippen molar-refractivity contribution in [3.05, 3.63) is 177 Å². The summed E-state index contributed by atoms with van der Waals surface area (Å²) in [4.78, 5) is 95.5. The molecule has 0 fully saturated rings. The summed E-state index contributed by atoms with van der Waals surface area (Å²) in [6.07, 6.45) is 0.250. The van der Waals surface area contributed by atoms with Crippen molar-refractivity contribution in [2.45, 2.75) is 82.3 Å². The second-order valence-corrected chi connectivity index (χ2v) is 11.7. The van der Waals surface area contributed by atoms with Crippen LogP contribution in [0.5, 0.6) is 0 Å². The molecule has 3 aliphatic rings. The number of hydrogen-bond donors (Lipinski definition) is 5. The van der Waals surface area contributed by atoms with E-state index in [1.807, 2.05) is 69.2 Å². The lowest BCUT2D eigenvalue weighted by Crippen LogP contribution is -2.19. The Bertz CT molecular complexity index is 2190. The molecule has 0 aliphatic carbocycles. The minimum atomic E-state index is -1.23. The molecule has 5 aromatic rings. The highest BCUT2D eigenvalue weighted by atomic mass is 16.6. The number of carbonyl (C=O) groups excluding carboxylic acids is 7. The van der Waals surface area contributed by atoms with Crippen molar-refractivity contribution in [2.24, 2.45) is 5.73 Å². The van der Waals surface area contributed by atoms with Gasteiger partial charge in [0.1, 0.15) is 0 Å². The van der Waals surface area contributed by atoms with Crippen LogP contribution < -0.4 is 16.4 Å². The van der Waals surface area contributed by atoms with E-state index in [-0.39, 0.29) is 40.5 Å². The van der Waals surface area contributed by atoms with Gasteiger partial charge in [-0.3, -0.25) is 19.7 Å². The lowest BCUT2D eigenvalue weighted by molar-refractivity contribution is -0.106. The van der Waals surface area contributed by atoms with E-state index in [0.29, 0.717) is 22.3 Å². The van der Waals surface area contributed by atoms with E-state index in [1.165, 1.54) is 61.7 Å². The molecule has 0 spiro atoms. The molecule has 5 aromatic carbocycles. The highest BCUT2D eigenvalue weighted by Gasteiger charge is 2.28. The number of carboxylic acids is 2. The Morgan fingerprint density at radius 1 is 0.486 bits per heavy atom. The predicted molar refractivity (Wildman–Crippen MR) is 268 cm³/mol. The number of carbonyl (C=O) groups is 9. The first-order valence-corrected chi connectivity index (χ1v) is 22.3. The van der Waals surface area contributed by atoms with E-state index < -0.39 is 35.8 Å². The average Bonchev–Trinajstić information content (AvgIpc) is 4.11. The van der Waals surface area contributed by atoms with Gasteiger partial charge in [0.25, 0.3) is 11.8 Å². The number of aromatic carboxylic acids is 2. The van der Waals surface area contributed by atoms with Crippen molar-refractivity contribution >= 4 is 54.0 Å². The molecule has 17 heteroatoms. The highest BCUT2D eigenvalue weighted by Crippen LogP contribution is 2.19. The van der Waals surface area contributed by atoms with Crippen molar-refractivity contribution in [1.82, 2.24) is 10.6 Å². The molecule has 3 heterocycles. The van der Waals surface area contributed by atoms with E-state index in [2.05, 4.69) is 54.8 Å². The molecule has 378 valence electrons. The number of fused-ring (bicyclic) bond motifs is 3. The molecule has 3 aliphatic heterocycles. The van der Waals surface area contributed by atoms with Crippen LogP contribution in [0.1, 0.15) is 163 Å². The van der Waals surface area contributed by atoms with Gasteiger partial charge in [-0.2, -0.15) is 0 Å². The second kappa shape index (κ2) is 39.8. The minimum Gasteiger partial charge on any atom is -0.478 e. The first-order valence-electron chi connectivity index (χ1n) is 22.3. The van der Waals surface area contributed by atoms with E-state index in [1.54, 1.807) is 60.7 Å². The van der Waals surface area contributed by atoms with Gasteiger partial charge in [-0.25, -0.2) is 28.8 Å². The molecule has 70 heavy (non-hydrogen) atoms. The Kier molecular flexibility index (Phi) is 37.5. The molecular formula is C53H67N3O14. The molecule has 17 nitrogen and oxygen atoms in total. The van der Waals surface area contributed by atoms with Gasteiger partial charge < -0.3 is 35.5 Å². The molecule has 0 bridgehead atoms. The van der Waals surface area contributed by atoms with Crippen LogP contribution in [-0.2, 0) is 32.1 Å². The molecule has 3 amide bonds. The first kappa shape index (κ1) is 66.0. The summed E-state index contributed by atoms with van der Waals surface area (Å²) in [5.74, 6) is -5.26. The third-order valence-electron chi connectivity index (χ3n) is 8.07. The number of esters is 4. The fourth-order valence-electron chi connectivity index (χ4n) is 5.30. The number of rotatable bonds is 4. The van der Waals surface area contributed by atoms with Gasteiger partial charge in [0.15, 0.2) is 0 Å². The Morgan fingerprint density at radius 3 is 1.03 bits per heavy atom. The number of methoxy groups -OCH3 is 2. The number of nitrogens with one attached hydrogen (secondary N) is 2. The largest absolute Gasteiger partial charge is 0.478 e. The van der Waals surface area contributed by atoms with Crippen LogP contribution >= 0.6 is 0 Å². The molecule has 0 saturated heterocycles. The quantitative estimate of drug-likeness (QED) is 0.0369. The highest BCUT2D eigenvalue weighted by molar-refractivity contribution is 6.21. The monoisotopic (exact) mass is 969 g/mol. The molecule has 0 aromatic heterocycles. The molecule has 6 N–H and O–H groups in total. The standard InChI is InChI=1S/C10H10O4.C8H5NO2.C8H9N.C8H6O4.C8H4O3.5C2H6.CH3NO/c1-13-9(11)7-5-3-4-6-8(7)10(12)14-2;10-7-5-3-1-2-4-6(5)8(11)9-7;1-2-4-8-6-9-5-7(8)3-1;9-7(10)5-3-1-2-4-6(5)8(11)12;9-7-5-3-1-2-4-6(5)8(10)11-7;5*1-2;2-1-3/h3-6H,1-2H3;1-4H,(H,9,10,11);1-4,9H,5-6H2;1-4H,(H,9,10)(H,11,12);1-4H;5*1-2H3;1H,(H2,2,3). The summed E-state index contributed by atoms with van der Waals surface area (Å²) >= 11 is 0. The Labute approximate surface area is 410 Å². The average molecular weight is 970 g/mol. The van der Waals surface area contributed by atoms with E-state index in [9.17, 15) is 38.4 Å². The summed E-state index contributed by atoms with van der Waals surface area (Å²) in [6.45, 7) is 22.1. The van der Waals surface area contributed by atoms with Crippen LogP contribution in [0.2, 0.25) is 0 Å². The summed E-state index contributed by atoms with van der Waals surface area (Å²) in [5.41, 5.74) is 8.78. The SMILES string of the molecule is CC.CC.CC.CC.CC.COC(=O)c1ccccc1C(=O)OC.NC=O.O=C(O)c1ccccc1C(=O)O.O=C1NC(=O)c2ccccc21.O=C1OC(=O)c2ccccc21.c1ccc2c(c1)CNC2. The maximum absolute atomic E-state index is 11.2. The summed E-state index contributed by atoms with van der Waals surface area (Å²) < 4.78 is 13.4. The Balaban J connectivity index is -0.000000758. The number of amides is 3. The van der Waals surface area contributed by atoms with E-state index >= 15 is 0 Å². The molecule has 8 rings (SSSR count). The topological polar surface area (TPSA) is 272 Å². The van der Waals surface area contributed by atoms with Gasteiger partial charge in [-0.15, -0.1) is 0 Å². The lowest BCUT2D eigenvalue weighted by atomic mass is 10.1. The molecule has 0 radical (unpaired) electrons. The van der Waals surface area contributed by atoms with Crippen molar-refractivity contribution in [3.8, 4) is 0 Å². The molecular weight excluding hydrogens is 903 g/mol. The van der Waals surface area contributed by atoms with E-state index in [0.717, 1.165) is 13.1 Å². The fraction of sp³-hybridized carbons (Fsp3) is 0.264. The van der Waals surface area contributed by atoms with Crippen LogP contribution in [0, 0.1) is 0 Å². The van der Waals surface area contributed by atoms with Crippen LogP contribution in [0.4, 0.5) is 0 Å². The fourth-order valence-corrected chi connectivity index (χ4v) is 5.30. The number of carboxylic acid groups (broad SMARTS) is 2. The summed E-state index contributed by atoms with van der Waals surface area (Å²) in [5, 5.41) is 22.6. The van der Waals surface area contributed by atoms with Gasteiger partial charge in [0.2, 0.25) is 6.41 Å².